The maximum Gasteiger partial charge on any atom is 0.224 e. The average molecular weight is 303 g/mol. The molecule has 0 atom stereocenters. The Morgan fingerprint density at radius 3 is 2.90 bits per heavy atom. The van der Waals surface area contributed by atoms with E-state index in [-0.39, 0.29) is 11.3 Å². The van der Waals surface area contributed by atoms with Crippen molar-refractivity contribution in [3.63, 3.8) is 0 Å². The van der Waals surface area contributed by atoms with Crippen LogP contribution in [0.1, 0.15) is 38.5 Å². The van der Waals surface area contributed by atoms with Gasteiger partial charge in [-0.15, -0.1) is 11.3 Å². The molecule has 1 fully saturated rings. The molecule has 0 radical (unpaired) electrons. The zero-order chi connectivity index (χ0) is 14.7. The van der Waals surface area contributed by atoms with Crippen LogP contribution in [0.2, 0.25) is 0 Å². The first-order valence-electron chi connectivity index (χ1n) is 7.54. The third-order valence-electron chi connectivity index (χ3n) is 4.50. The fraction of sp³-hybridized carbons (Fsp3) is 0.500. The van der Waals surface area contributed by atoms with Gasteiger partial charge in [0.2, 0.25) is 5.91 Å². The molecule has 1 heterocycles. The monoisotopic (exact) mass is 303 g/mol. The van der Waals surface area contributed by atoms with E-state index >= 15 is 0 Å². The minimum Gasteiger partial charge on any atom is -0.330 e. The van der Waals surface area contributed by atoms with Crippen molar-refractivity contribution >= 4 is 33.1 Å². The Labute approximate surface area is 128 Å². The smallest absolute Gasteiger partial charge is 0.224 e. The zero-order valence-corrected chi connectivity index (χ0v) is 12.9. The Kier molecular flexibility index (Phi) is 4.22. The van der Waals surface area contributed by atoms with E-state index in [9.17, 15) is 4.79 Å². The minimum absolute atomic E-state index is 0.0108. The number of nitrogens with zero attached hydrogens (tertiary/aromatic N) is 1. The summed E-state index contributed by atoms with van der Waals surface area (Å²) in [6.07, 6.45) is 6.33. The van der Waals surface area contributed by atoms with Crippen LogP contribution in [0.25, 0.3) is 10.2 Å². The second-order valence-electron chi connectivity index (χ2n) is 6.02. The number of hydrogen-bond donors (Lipinski definition) is 2. The summed E-state index contributed by atoms with van der Waals surface area (Å²) in [7, 11) is 0. The second-order valence-corrected chi connectivity index (χ2v) is 6.91. The van der Waals surface area contributed by atoms with E-state index < -0.39 is 0 Å². The summed E-state index contributed by atoms with van der Waals surface area (Å²) in [5.41, 5.74) is 9.61. The van der Waals surface area contributed by atoms with Crippen LogP contribution in [-0.4, -0.2) is 17.4 Å². The van der Waals surface area contributed by atoms with E-state index in [1.54, 1.807) is 11.3 Å². The van der Waals surface area contributed by atoms with Gasteiger partial charge in [-0.3, -0.25) is 4.79 Å². The van der Waals surface area contributed by atoms with Crippen LogP contribution in [0.15, 0.2) is 23.7 Å². The maximum absolute atomic E-state index is 12.3. The van der Waals surface area contributed by atoms with E-state index in [0.29, 0.717) is 13.0 Å². The van der Waals surface area contributed by atoms with Gasteiger partial charge in [0.1, 0.15) is 0 Å². The normalized spacial score (nSPS) is 17.8. The number of carbonyl (C=O) groups is 1. The first kappa shape index (κ1) is 14.5. The molecule has 1 amide bonds. The molecule has 3 rings (SSSR count). The topological polar surface area (TPSA) is 68.0 Å². The quantitative estimate of drug-likeness (QED) is 0.908. The van der Waals surface area contributed by atoms with Crippen LogP contribution >= 0.6 is 11.3 Å². The molecule has 21 heavy (non-hydrogen) atoms. The predicted molar refractivity (Wildman–Crippen MR) is 87.4 cm³/mol. The number of aromatic nitrogens is 1. The van der Waals surface area contributed by atoms with Gasteiger partial charge in [0.05, 0.1) is 15.7 Å². The zero-order valence-electron chi connectivity index (χ0n) is 12.1. The Morgan fingerprint density at radius 1 is 1.33 bits per heavy atom. The van der Waals surface area contributed by atoms with Gasteiger partial charge >= 0.3 is 0 Å². The number of anilines is 1. The van der Waals surface area contributed by atoms with Crippen LogP contribution in [0, 0.1) is 5.41 Å². The number of fused-ring (bicyclic) bond motifs is 1. The SMILES string of the molecule is NCC1(CC(=O)Nc2ccc3ncsc3c2)CCCCC1. The third kappa shape index (κ3) is 3.24. The highest BCUT2D eigenvalue weighted by Gasteiger charge is 2.32. The van der Waals surface area contributed by atoms with Crippen molar-refractivity contribution in [1.82, 2.24) is 4.98 Å². The van der Waals surface area contributed by atoms with Crippen molar-refractivity contribution in [3.8, 4) is 0 Å². The standard InChI is InChI=1S/C16H21N3OS/c17-10-16(6-2-1-3-7-16)9-15(20)19-12-4-5-13-14(8-12)21-11-18-13/h4-5,8,11H,1-3,6-7,9-10,17H2,(H,19,20). The number of hydrogen-bond acceptors (Lipinski definition) is 4. The Bertz CT molecular complexity index is 631. The lowest BCUT2D eigenvalue weighted by Crippen LogP contribution is -2.36. The Hall–Kier alpha value is -1.46. The Morgan fingerprint density at radius 2 is 2.14 bits per heavy atom. The molecule has 3 N–H and O–H groups in total. The summed E-state index contributed by atoms with van der Waals surface area (Å²) in [6, 6.07) is 5.84. The van der Waals surface area contributed by atoms with Crippen molar-refractivity contribution in [1.29, 1.82) is 0 Å². The fourth-order valence-electron chi connectivity index (χ4n) is 3.23. The molecule has 0 spiro atoms. The van der Waals surface area contributed by atoms with E-state index in [0.717, 1.165) is 28.7 Å². The summed E-state index contributed by atoms with van der Waals surface area (Å²) < 4.78 is 1.10. The summed E-state index contributed by atoms with van der Waals surface area (Å²) in [5.74, 6) is 0.0752. The van der Waals surface area contributed by atoms with Gasteiger partial charge in [0, 0.05) is 12.1 Å². The van der Waals surface area contributed by atoms with Gasteiger partial charge in [-0.25, -0.2) is 4.98 Å². The molecule has 1 aliphatic rings. The summed E-state index contributed by atoms with van der Waals surface area (Å²) in [5, 5.41) is 3.01. The molecule has 1 aromatic heterocycles. The number of amides is 1. The van der Waals surface area contributed by atoms with Crippen LogP contribution in [-0.2, 0) is 4.79 Å². The number of carbonyl (C=O) groups excluding carboxylic acids is 1. The first-order valence-corrected chi connectivity index (χ1v) is 8.42. The first-order chi connectivity index (χ1) is 10.2. The molecule has 5 heteroatoms. The van der Waals surface area contributed by atoms with Crippen LogP contribution in [0.5, 0.6) is 0 Å². The molecule has 1 saturated carbocycles. The molecule has 0 aliphatic heterocycles. The number of benzene rings is 1. The average Bonchev–Trinajstić information content (AvgIpc) is 2.95. The Balaban J connectivity index is 1.67. The van der Waals surface area contributed by atoms with Crippen molar-refractivity contribution in [2.45, 2.75) is 38.5 Å². The molecule has 0 saturated heterocycles. The van der Waals surface area contributed by atoms with Gasteiger partial charge in [0.25, 0.3) is 0 Å². The van der Waals surface area contributed by atoms with E-state index in [1.807, 2.05) is 23.7 Å². The molecule has 2 aromatic rings. The van der Waals surface area contributed by atoms with Gasteiger partial charge in [-0.05, 0) is 43.0 Å². The largest absolute Gasteiger partial charge is 0.330 e. The van der Waals surface area contributed by atoms with Crippen molar-refractivity contribution in [2.24, 2.45) is 11.1 Å². The maximum atomic E-state index is 12.3. The van der Waals surface area contributed by atoms with Crippen LogP contribution in [0.4, 0.5) is 5.69 Å². The molecule has 0 bridgehead atoms. The fourth-order valence-corrected chi connectivity index (χ4v) is 3.95. The number of nitrogens with one attached hydrogen (secondary N) is 1. The lowest BCUT2D eigenvalue weighted by atomic mass is 9.71. The lowest BCUT2D eigenvalue weighted by Gasteiger charge is -2.35. The van der Waals surface area contributed by atoms with E-state index in [1.165, 1.54) is 19.3 Å². The number of thiazole rings is 1. The number of nitrogens with two attached hydrogens (primary N) is 1. The molecule has 1 aliphatic carbocycles. The highest BCUT2D eigenvalue weighted by atomic mass is 32.1. The summed E-state index contributed by atoms with van der Waals surface area (Å²) >= 11 is 1.59. The summed E-state index contributed by atoms with van der Waals surface area (Å²) in [4.78, 5) is 16.6. The number of rotatable bonds is 4. The molecule has 4 nitrogen and oxygen atoms in total. The second kappa shape index (κ2) is 6.12. The van der Waals surface area contributed by atoms with Crippen molar-refractivity contribution in [2.75, 3.05) is 11.9 Å². The van der Waals surface area contributed by atoms with Gasteiger partial charge in [-0.2, -0.15) is 0 Å². The van der Waals surface area contributed by atoms with Crippen LogP contribution < -0.4 is 11.1 Å². The molecule has 0 unspecified atom stereocenters. The third-order valence-corrected chi connectivity index (χ3v) is 5.29. The predicted octanol–water partition coefficient (Wildman–Crippen LogP) is 3.53. The molecule has 112 valence electrons. The van der Waals surface area contributed by atoms with E-state index in [4.69, 9.17) is 5.73 Å². The van der Waals surface area contributed by atoms with Gasteiger partial charge in [0.15, 0.2) is 0 Å². The highest BCUT2D eigenvalue weighted by molar-refractivity contribution is 7.16. The van der Waals surface area contributed by atoms with Gasteiger partial charge < -0.3 is 11.1 Å². The molecular formula is C16H21N3OS. The highest BCUT2D eigenvalue weighted by Crippen LogP contribution is 2.38. The molecular weight excluding hydrogens is 282 g/mol. The molecule has 1 aromatic carbocycles. The van der Waals surface area contributed by atoms with Crippen molar-refractivity contribution in [3.05, 3.63) is 23.7 Å². The lowest BCUT2D eigenvalue weighted by molar-refractivity contribution is -0.118. The van der Waals surface area contributed by atoms with Crippen LogP contribution in [0.3, 0.4) is 0 Å². The van der Waals surface area contributed by atoms with Crippen molar-refractivity contribution < 1.29 is 4.79 Å². The van der Waals surface area contributed by atoms with E-state index in [2.05, 4.69) is 10.3 Å². The minimum atomic E-state index is 0.0108. The van der Waals surface area contributed by atoms with Gasteiger partial charge in [-0.1, -0.05) is 19.3 Å². The summed E-state index contributed by atoms with van der Waals surface area (Å²) in [6.45, 7) is 0.605.